The van der Waals surface area contributed by atoms with Crippen molar-refractivity contribution in [1.29, 1.82) is 0 Å². The van der Waals surface area contributed by atoms with Crippen LogP contribution < -0.4 is 4.74 Å². The maximum atomic E-state index is 6.29. The minimum atomic E-state index is 0.382. The number of aromatic nitrogens is 3. The first-order chi connectivity index (χ1) is 10.7. The summed E-state index contributed by atoms with van der Waals surface area (Å²) in [5.74, 6) is 0.660. The van der Waals surface area contributed by atoms with Gasteiger partial charge in [0.1, 0.15) is 18.0 Å². The summed E-state index contributed by atoms with van der Waals surface area (Å²) in [6, 6.07) is 11.8. The monoisotopic (exact) mass is 311 g/mol. The molecule has 0 atom stereocenters. The number of pyridine rings is 1. The summed E-state index contributed by atoms with van der Waals surface area (Å²) >= 11 is 6.29. The van der Waals surface area contributed by atoms with Gasteiger partial charge in [-0.1, -0.05) is 17.7 Å². The van der Waals surface area contributed by atoms with Crippen LogP contribution in [0.1, 0.15) is 11.4 Å². The normalized spacial score (nSPS) is 11.4. The van der Waals surface area contributed by atoms with Gasteiger partial charge in [0.2, 0.25) is 0 Å². The highest BCUT2D eigenvalue weighted by molar-refractivity contribution is 6.32. The predicted octanol–water partition coefficient (Wildman–Crippen LogP) is 4.36. The second-order valence-electron chi connectivity index (χ2n) is 5.31. The van der Waals surface area contributed by atoms with E-state index in [9.17, 15) is 0 Å². The van der Waals surface area contributed by atoms with Crippen LogP contribution in [0.15, 0.2) is 48.8 Å². The van der Waals surface area contributed by atoms with E-state index in [4.69, 9.17) is 16.3 Å². The van der Waals surface area contributed by atoms with E-state index < -0.39 is 0 Å². The molecule has 0 aliphatic carbocycles. The number of aryl methyl sites for hydroxylation is 1. The van der Waals surface area contributed by atoms with Crippen molar-refractivity contribution in [1.82, 2.24) is 14.4 Å². The number of ether oxygens (including phenoxy) is 1. The molecule has 22 heavy (non-hydrogen) atoms. The molecule has 0 radical (unpaired) electrons. The van der Waals surface area contributed by atoms with E-state index in [0.29, 0.717) is 17.4 Å². The summed E-state index contributed by atoms with van der Waals surface area (Å²) < 4.78 is 7.81. The molecule has 0 spiro atoms. The molecular formula is C17H14ClN3O. The molecule has 110 valence electrons. The summed E-state index contributed by atoms with van der Waals surface area (Å²) in [6.07, 6.45) is 3.92. The topological polar surface area (TPSA) is 42.3 Å². The van der Waals surface area contributed by atoms with Gasteiger partial charge in [-0.15, -0.1) is 0 Å². The van der Waals surface area contributed by atoms with Gasteiger partial charge in [0.25, 0.3) is 0 Å². The Labute approximate surface area is 132 Å². The minimum absolute atomic E-state index is 0.382. The van der Waals surface area contributed by atoms with E-state index in [-0.39, 0.29) is 0 Å². The third-order valence-electron chi connectivity index (χ3n) is 3.60. The largest absolute Gasteiger partial charge is 0.486 e. The number of H-pyrrole nitrogens is 1. The van der Waals surface area contributed by atoms with Gasteiger partial charge in [-0.05, 0) is 31.2 Å². The number of hydrogen-bond donors (Lipinski definition) is 1. The Kier molecular flexibility index (Phi) is 3.05. The highest BCUT2D eigenvalue weighted by Crippen LogP contribution is 2.30. The van der Waals surface area contributed by atoms with Gasteiger partial charge < -0.3 is 14.1 Å². The van der Waals surface area contributed by atoms with E-state index in [2.05, 4.69) is 16.0 Å². The Bertz CT molecular complexity index is 938. The fraction of sp³-hybridized carbons (Fsp3) is 0.118. The first-order valence-electron chi connectivity index (χ1n) is 7.03. The highest BCUT2D eigenvalue weighted by atomic mass is 35.5. The summed E-state index contributed by atoms with van der Waals surface area (Å²) in [5.41, 5.74) is 3.89. The molecule has 0 aliphatic rings. The Hall–Kier alpha value is -2.46. The minimum Gasteiger partial charge on any atom is -0.486 e. The van der Waals surface area contributed by atoms with Gasteiger partial charge in [-0.2, -0.15) is 0 Å². The van der Waals surface area contributed by atoms with Crippen molar-refractivity contribution < 1.29 is 4.74 Å². The molecule has 0 aliphatic heterocycles. The zero-order valence-corrected chi connectivity index (χ0v) is 12.8. The number of nitrogens with zero attached hydrogens (tertiary/aromatic N) is 2. The van der Waals surface area contributed by atoms with Crippen LogP contribution in [0.3, 0.4) is 0 Å². The molecule has 4 rings (SSSR count). The third-order valence-corrected chi connectivity index (χ3v) is 3.89. The van der Waals surface area contributed by atoms with Crippen LogP contribution in [-0.4, -0.2) is 14.4 Å². The van der Waals surface area contributed by atoms with Crippen LogP contribution in [0, 0.1) is 6.92 Å². The van der Waals surface area contributed by atoms with Crippen LogP contribution in [0.4, 0.5) is 0 Å². The van der Waals surface area contributed by atoms with Crippen molar-refractivity contribution in [2.45, 2.75) is 13.5 Å². The lowest BCUT2D eigenvalue weighted by Gasteiger charge is -2.06. The maximum Gasteiger partial charge on any atom is 0.140 e. The van der Waals surface area contributed by atoms with Crippen LogP contribution >= 0.6 is 11.6 Å². The second-order valence-corrected chi connectivity index (χ2v) is 5.72. The number of imidazole rings is 1. The average Bonchev–Trinajstić information content (AvgIpc) is 3.06. The third kappa shape index (κ3) is 2.31. The first-order valence-corrected chi connectivity index (χ1v) is 7.41. The molecule has 5 heteroatoms. The van der Waals surface area contributed by atoms with Gasteiger partial charge in [0.15, 0.2) is 0 Å². The molecule has 0 unspecified atom stereocenters. The number of halogens is 1. The van der Waals surface area contributed by atoms with E-state index in [1.54, 1.807) is 0 Å². The van der Waals surface area contributed by atoms with Crippen molar-refractivity contribution in [2.75, 3.05) is 0 Å². The molecule has 0 bridgehead atoms. The van der Waals surface area contributed by atoms with Gasteiger partial charge in [0.05, 0.1) is 10.7 Å². The summed E-state index contributed by atoms with van der Waals surface area (Å²) in [7, 11) is 0. The van der Waals surface area contributed by atoms with E-state index in [1.165, 1.54) is 0 Å². The van der Waals surface area contributed by atoms with Gasteiger partial charge in [-0.25, -0.2) is 4.98 Å². The van der Waals surface area contributed by atoms with Crippen molar-refractivity contribution in [3.63, 3.8) is 0 Å². The van der Waals surface area contributed by atoms with Crippen molar-refractivity contribution in [3.8, 4) is 5.75 Å². The summed E-state index contributed by atoms with van der Waals surface area (Å²) in [6.45, 7) is 2.40. The summed E-state index contributed by atoms with van der Waals surface area (Å²) in [5, 5.41) is 1.69. The molecule has 0 fully saturated rings. The van der Waals surface area contributed by atoms with E-state index in [0.717, 1.165) is 27.9 Å². The fourth-order valence-corrected chi connectivity index (χ4v) is 2.82. The lowest BCUT2D eigenvalue weighted by molar-refractivity contribution is 0.302. The number of hydrogen-bond acceptors (Lipinski definition) is 2. The van der Waals surface area contributed by atoms with Crippen molar-refractivity contribution in [2.24, 2.45) is 0 Å². The van der Waals surface area contributed by atoms with Crippen molar-refractivity contribution in [3.05, 3.63) is 65.2 Å². The van der Waals surface area contributed by atoms with E-state index in [1.807, 2.05) is 54.0 Å². The zero-order chi connectivity index (χ0) is 15.1. The van der Waals surface area contributed by atoms with Crippen molar-refractivity contribution >= 4 is 28.2 Å². The molecule has 0 saturated carbocycles. The van der Waals surface area contributed by atoms with Crippen LogP contribution in [-0.2, 0) is 6.61 Å². The molecule has 3 aromatic heterocycles. The lowest BCUT2D eigenvalue weighted by atomic mass is 10.2. The Morgan fingerprint density at radius 2 is 2.18 bits per heavy atom. The Balaban J connectivity index is 1.61. The number of aromatic amines is 1. The first kappa shape index (κ1) is 13.2. The molecule has 4 aromatic rings. The predicted molar refractivity (Wildman–Crippen MR) is 87.6 cm³/mol. The van der Waals surface area contributed by atoms with Crippen LogP contribution in [0.25, 0.3) is 16.6 Å². The van der Waals surface area contributed by atoms with Crippen LogP contribution in [0.2, 0.25) is 5.02 Å². The number of benzene rings is 1. The summed E-state index contributed by atoms with van der Waals surface area (Å²) in [4.78, 5) is 7.80. The fourth-order valence-electron chi connectivity index (χ4n) is 2.60. The average molecular weight is 312 g/mol. The number of fused-ring (bicyclic) bond motifs is 2. The highest BCUT2D eigenvalue weighted by Gasteiger charge is 2.08. The second kappa shape index (κ2) is 5.07. The molecule has 3 heterocycles. The molecule has 1 N–H and O–H groups in total. The van der Waals surface area contributed by atoms with Gasteiger partial charge in [0, 0.05) is 35.1 Å². The number of rotatable bonds is 3. The van der Waals surface area contributed by atoms with Gasteiger partial charge in [-0.3, -0.25) is 0 Å². The smallest absolute Gasteiger partial charge is 0.140 e. The number of nitrogens with one attached hydrogen (secondary N) is 1. The SMILES string of the molecule is Cc1cc2cc(Cl)c(OCc3cn4ccccc4n3)cc2[nH]1. The van der Waals surface area contributed by atoms with E-state index >= 15 is 0 Å². The molecule has 0 amide bonds. The Morgan fingerprint density at radius 1 is 1.27 bits per heavy atom. The van der Waals surface area contributed by atoms with Crippen LogP contribution in [0.5, 0.6) is 5.75 Å². The lowest BCUT2D eigenvalue weighted by Crippen LogP contribution is -1.96. The maximum absolute atomic E-state index is 6.29. The molecule has 4 nitrogen and oxygen atoms in total. The standard InChI is InChI=1S/C17H14ClN3O/c1-11-6-12-7-14(18)16(8-15(12)19-11)22-10-13-9-21-5-3-2-4-17(21)20-13/h2-9,19H,10H2,1H3. The zero-order valence-electron chi connectivity index (χ0n) is 12.0. The molecular weight excluding hydrogens is 298 g/mol. The Morgan fingerprint density at radius 3 is 3.05 bits per heavy atom. The van der Waals surface area contributed by atoms with Gasteiger partial charge >= 0.3 is 0 Å². The molecule has 0 saturated heterocycles. The molecule has 1 aromatic carbocycles. The quantitative estimate of drug-likeness (QED) is 0.611.